The predicted octanol–water partition coefficient (Wildman–Crippen LogP) is 3.73. The molecule has 3 amide bonds. The van der Waals surface area contributed by atoms with Crippen LogP contribution in [0.15, 0.2) is 18.2 Å². The van der Waals surface area contributed by atoms with Crippen molar-refractivity contribution >= 4 is 23.3 Å². The number of piperazine rings is 1. The number of rotatable bonds is 7. The molecule has 1 aromatic rings. The molecule has 0 atom stereocenters. The van der Waals surface area contributed by atoms with Crippen LogP contribution in [0.5, 0.6) is 0 Å². The third-order valence-corrected chi connectivity index (χ3v) is 8.72. The first-order chi connectivity index (χ1) is 16.4. The van der Waals surface area contributed by atoms with Crippen LogP contribution in [0.3, 0.4) is 0 Å². The molecule has 0 spiro atoms. The standard InChI is InChI=1S/C27H41N5O2/c1-3-31-8-10-32(11-9-31)23-4-5-24(19(2)12-23)29-25(33)6-7-28-26(34)30-27-16-20-13-21(17-27)15-22(14-20)18-27/h4-5,12,20-22H,3,6-11,13-18H2,1-2H3,(H,29,33)(H2,28,30,34). The molecule has 6 rings (SSSR count). The van der Waals surface area contributed by atoms with E-state index in [-0.39, 0.29) is 23.9 Å². The minimum atomic E-state index is -0.113. The molecule has 34 heavy (non-hydrogen) atoms. The number of nitrogens with zero attached hydrogens (tertiary/aromatic N) is 2. The highest BCUT2D eigenvalue weighted by molar-refractivity contribution is 5.92. The van der Waals surface area contributed by atoms with Crippen molar-refractivity contribution in [3.63, 3.8) is 0 Å². The number of nitrogens with one attached hydrogen (secondary N) is 3. The maximum Gasteiger partial charge on any atom is 0.315 e. The molecule has 0 aromatic heterocycles. The van der Waals surface area contributed by atoms with Gasteiger partial charge in [0.1, 0.15) is 0 Å². The SMILES string of the molecule is CCN1CCN(c2ccc(NC(=O)CCNC(=O)NC34CC5CC(CC(C5)C3)C4)c(C)c2)CC1. The number of anilines is 2. The summed E-state index contributed by atoms with van der Waals surface area (Å²) in [6.45, 7) is 9.97. The van der Waals surface area contributed by atoms with Gasteiger partial charge in [-0.1, -0.05) is 6.92 Å². The highest BCUT2D eigenvalue weighted by Gasteiger charge is 2.51. The lowest BCUT2D eigenvalue weighted by Crippen LogP contribution is -2.61. The summed E-state index contributed by atoms with van der Waals surface area (Å²) in [5.74, 6) is 2.33. The summed E-state index contributed by atoms with van der Waals surface area (Å²) in [6.07, 6.45) is 7.76. The number of benzene rings is 1. The second-order valence-electron chi connectivity index (χ2n) is 11.3. The zero-order valence-electron chi connectivity index (χ0n) is 20.9. The van der Waals surface area contributed by atoms with Crippen molar-refractivity contribution in [1.29, 1.82) is 0 Å². The van der Waals surface area contributed by atoms with Crippen LogP contribution in [0.1, 0.15) is 57.4 Å². The molecular formula is C27H41N5O2. The Morgan fingerprint density at radius 3 is 2.24 bits per heavy atom. The van der Waals surface area contributed by atoms with E-state index in [1.54, 1.807) is 0 Å². The van der Waals surface area contributed by atoms with Crippen molar-refractivity contribution in [2.24, 2.45) is 17.8 Å². The largest absolute Gasteiger partial charge is 0.369 e. The van der Waals surface area contributed by atoms with E-state index >= 15 is 0 Å². The van der Waals surface area contributed by atoms with Gasteiger partial charge in [-0.2, -0.15) is 0 Å². The summed E-state index contributed by atoms with van der Waals surface area (Å²) < 4.78 is 0. The first-order valence-corrected chi connectivity index (χ1v) is 13.4. The minimum absolute atomic E-state index is 0.00311. The fraction of sp³-hybridized carbons (Fsp3) is 0.704. The van der Waals surface area contributed by atoms with Crippen molar-refractivity contribution in [2.75, 3.05) is 49.5 Å². The zero-order chi connectivity index (χ0) is 23.7. The maximum absolute atomic E-state index is 12.6. The van der Waals surface area contributed by atoms with Gasteiger partial charge >= 0.3 is 6.03 Å². The molecule has 1 aromatic carbocycles. The van der Waals surface area contributed by atoms with Crippen LogP contribution in [0.4, 0.5) is 16.2 Å². The molecule has 1 heterocycles. The molecule has 1 aliphatic heterocycles. The average Bonchev–Trinajstić information content (AvgIpc) is 2.79. The van der Waals surface area contributed by atoms with Gasteiger partial charge in [0.25, 0.3) is 0 Å². The monoisotopic (exact) mass is 467 g/mol. The molecule has 7 nitrogen and oxygen atoms in total. The highest BCUT2D eigenvalue weighted by atomic mass is 16.2. The Kier molecular flexibility index (Phi) is 6.74. The topological polar surface area (TPSA) is 76.7 Å². The molecule has 186 valence electrons. The lowest BCUT2D eigenvalue weighted by Gasteiger charge is -2.56. The third kappa shape index (κ3) is 5.19. The van der Waals surface area contributed by atoms with Gasteiger partial charge in [0, 0.05) is 56.1 Å². The van der Waals surface area contributed by atoms with E-state index in [9.17, 15) is 9.59 Å². The first-order valence-electron chi connectivity index (χ1n) is 13.4. The molecule has 7 heteroatoms. The first kappa shape index (κ1) is 23.5. The van der Waals surface area contributed by atoms with Crippen molar-refractivity contribution < 1.29 is 9.59 Å². The molecule has 4 bridgehead atoms. The number of hydrogen-bond donors (Lipinski definition) is 3. The Balaban J connectivity index is 1.06. The summed E-state index contributed by atoms with van der Waals surface area (Å²) >= 11 is 0. The molecule has 0 unspecified atom stereocenters. The minimum Gasteiger partial charge on any atom is -0.369 e. The number of urea groups is 1. The summed E-state index contributed by atoms with van der Waals surface area (Å²) in [5, 5.41) is 9.26. The number of likely N-dealkylation sites (N-methyl/N-ethyl adjacent to an activating group) is 1. The molecule has 5 aliphatic rings. The molecule has 5 fully saturated rings. The Morgan fingerprint density at radius 2 is 1.65 bits per heavy atom. The Hall–Kier alpha value is -2.28. The Morgan fingerprint density at radius 1 is 1.00 bits per heavy atom. The van der Waals surface area contributed by atoms with Gasteiger partial charge in [0.15, 0.2) is 0 Å². The molecule has 0 radical (unpaired) electrons. The van der Waals surface area contributed by atoms with Crippen LogP contribution in [-0.4, -0.2) is 61.6 Å². The van der Waals surface area contributed by atoms with E-state index < -0.39 is 0 Å². The van der Waals surface area contributed by atoms with Crippen LogP contribution >= 0.6 is 0 Å². The van der Waals surface area contributed by atoms with E-state index in [4.69, 9.17) is 0 Å². The van der Waals surface area contributed by atoms with Crippen molar-refractivity contribution in [2.45, 2.75) is 64.3 Å². The van der Waals surface area contributed by atoms with Gasteiger partial charge in [-0.25, -0.2) is 4.79 Å². The summed E-state index contributed by atoms with van der Waals surface area (Å²) in [4.78, 5) is 30.0. The number of hydrogen-bond acceptors (Lipinski definition) is 4. The van der Waals surface area contributed by atoms with Gasteiger partial charge in [0.05, 0.1) is 0 Å². The fourth-order valence-electron chi connectivity index (χ4n) is 7.36. The van der Waals surface area contributed by atoms with Gasteiger partial charge in [0.2, 0.25) is 5.91 Å². The van der Waals surface area contributed by atoms with Crippen molar-refractivity contribution in [3.8, 4) is 0 Å². The van der Waals surface area contributed by atoms with Crippen molar-refractivity contribution in [1.82, 2.24) is 15.5 Å². The van der Waals surface area contributed by atoms with Gasteiger partial charge in [-0.15, -0.1) is 0 Å². The van der Waals surface area contributed by atoms with E-state index in [2.05, 4.69) is 44.8 Å². The van der Waals surface area contributed by atoms with Crippen LogP contribution in [-0.2, 0) is 4.79 Å². The van der Waals surface area contributed by atoms with Crippen LogP contribution < -0.4 is 20.9 Å². The van der Waals surface area contributed by atoms with Gasteiger partial charge in [-0.05, 0) is 93.5 Å². The summed E-state index contributed by atoms with van der Waals surface area (Å²) in [7, 11) is 0. The second kappa shape index (κ2) is 9.76. The molecular weight excluding hydrogens is 426 g/mol. The lowest BCUT2D eigenvalue weighted by molar-refractivity contribution is -0.116. The third-order valence-electron chi connectivity index (χ3n) is 8.72. The zero-order valence-corrected chi connectivity index (χ0v) is 20.9. The summed E-state index contributed by atoms with van der Waals surface area (Å²) in [5.41, 5.74) is 3.13. The fourth-order valence-corrected chi connectivity index (χ4v) is 7.36. The summed E-state index contributed by atoms with van der Waals surface area (Å²) in [6, 6.07) is 6.15. The molecule has 4 aliphatic carbocycles. The second-order valence-corrected chi connectivity index (χ2v) is 11.3. The van der Waals surface area contributed by atoms with Gasteiger partial charge in [-0.3, -0.25) is 4.79 Å². The lowest BCUT2D eigenvalue weighted by atomic mass is 9.53. The maximum atomic E-state index is 12.6. The van der Waals surface area contributed by atoms with E-state index in [1.165, 1.54) is 24.9 Å². The number of amides is 3. The van der Waals surface area contributed by atoms with Gasteiger partial charge < -0.3 is 25.8 Å². The van der Waals surface area contributed by atoms with Crippen LogP contribution in [0.25, 0.3) is 0 Å². The molecule has 3 N–H and O–H groups in total. The van der Waals surface area contributed by atoms with Crippen molar-refractivity contribution in [3.05, 3.63) is 23.8 Å². The smallest absolute Gasteiger partial charge is 0.315 e. The van der Waals surface area contributed by atoms with Crippen LogP contribution in [0, 0.1) is 24.7 Å². The normalized spacial score (nSPS) is 30.3. The quantitative estimate of drug-likeness (QED) is 0.571. The molecule has 1 saturated heterocycles. The van der Waals surface area contributed by atoms with E-state index in [0.717, 1.165) is 81.0 Å². The van der Waals surface area contributed by atoms with E-state index in [1.807, 2.05) is 13.0 Å². The number of carbonyl (C=O) groups excluding carboxylic acids is 2. The Bertz CT molecular complexity index is 873. The Labute approximate surface area is 204 Å². The number of carbonyl (C=O) groups is 2. The molecule has 4 saturated carbocycles. The predicted molar refractivity (Wildman–Crippen MR) is 136 cm³/mol. The van der Waals surface area contributed by atoms with Crippen LogP contribution in [0.2, 0.25) is 0 Å². The number of aryl methyl sites for hydroxylation is 1. The average molecular weight is 468 g/mol. The highest BCUT2D eigenvalue weighted by Crippen LogP contribution is 2.55. The van der Waals surface area contributed by atoms with E-state index in [0.29, 0.717) is 6.54 Å².